The topological polar surface area (TPSA) is 62.3 Å². The number of ether oxygens (including phenoxy) is 1. The van der Waals surface area contributed by atoms with Gasteiger partial charge in [0.1, 0.15) is 0 Å². The maximum absolute atomic E-state index is 5.25. The van der Waals surface area contributed by atoms with Gasteiger partial charge in [0, 0.05) is 50.4 Å². The number of aryl methyl sites for hydroxylation is 1. The number of methoxy groups -OCH3 is 1. The van der Waals surface area contributed by atoms with Crippen LogP contribution in [0.3, 0.4) is 0 Å². The maximum Gasteiger partial charge on any atom is 0.223 e. The first-order valence-corrected chi connectivity index (χ1v) is 12.3. The van der Waals surface area contributed by atoms with Gasteiger partial charge in [-0.1, -0.05) is 18.2 Å². The van der Waals surface area contributed by atoms with Crippen LogP contribution in [0.2, 0.25) is 0 Å². The Morgan fingerprint density at radius 1 is 1.12 bits per heavy atom. The first kappa shape index (κ1) is 22.3. The van der Waals surface area contributed by atoms with E-state index >= 15 is 0 Å². The molecule has 1 saturated carbocycles. The summed E-state index contributed by atoms with van der Waals surface area (Å²) < 4.78 is 5.25. The van der Waals surface area contributed by atoms with Gasteiger partial charge in [-0.3, -0.25) is 4.90 Å². The van der Waals surface area contributed by atoms with Crippen LogP contribution in [0.1, 0.15) is 36.8 Å². The van der Waals surface area contributed by atoms with Gasteiger partial charge >= 0.3 is 0 Å². The number of hydrogen-bond donors (Lipinski definition) is 2. The van der Waals surface area contributed by atoms with Crippen LogP contribution in [-0.4, -0.2) is 60.3 Å². The second-order valence-electron chi connectivity index (χ2n) is 9.48. The van der Waals surface area contributed by atoms with Gasteiger partial charge in [-0.25, -0.2) is 9.97 Å². The summed E-state index contributed by atoms with van der Waals surface area (Å²) in [6.07, 6.45) is 7.02. The highest BCUT2D eigenvalue weighted by atomic mass is 16.5. The minimum atomic E-state index is 0.520. The molecule has 0 bridgehead atoms. The highest BCUT2D eigenvalue weighted by molar-refractivity contribution is 5.85. The molecule has 2 aromatic carbocycles. The molecule has 1 saturated heterocycles. The fraction of sp³-hybridized carbons (Fsp3) is 0.481. The molecule has 174 valence electrons. The molecule has 33 heavy (non-hydrogen) atoms. The third kappa shape index (κ3) is 5.52. The lowest BCUT2D eigenvalue weighted by Gasteiger charge is -2.24. The highest BCUT2D eigenvalue weighted by Gasteiger charge is 2.24. The van der Waals surface area contributed by atoms with Gasteiger partial charge in [-0.05, 0) is 79.6 Å². The van der Waals surface area contributed by atoms with E-state index in [1.807, 2.05) is 6.20 Å². The Morgan fingerprint density at radius 2 is 2.03 bits per heavy atom. The normalized spacial score (nSPS) is 18.8. The third-order valence-electron chi connectivity index (χ3n) is 6.94. The molecule has 0 radical (unpaired) electrons. The second kappa shape index (κ2) is 10.2. The Morgan fingerprint density at radius 3 is 2.88 bits per heavy atom. The smallest absolute Gasteiger partial charge is 0.223 e. The van der Waals surface area contributed by atoms with Crippen LogP contribution in [0.15, 0.2) is 42.6 Å². The summed E-state index contributed by atoms with van der Waals surface area (Å²) in [7, 11) is 1.77. The summed E-state index contributed by atoms with van der Waals surface area (Å²) in [5.41, 5.74) is 6.11. The van der Waals surface area contributed by atoms with Crippen molar-refractivity contribution in [3.05, 3.63) is 53.7 Å². The molecule has 2 fully saturated rings. The van der Waals surface area contributed by atoms with E-state index in [-0.39, 0.29) is 0 Å². The van der Waals surface area contributed by atoms with E-state index < -0.39 is 0 Å². The number of likely N-dealkylation sites (tertiary alicyclic amines) is 1. The number of nitrogens with zero attached hydrogens (tertiary/aromatic N) is 3. The van der Waals surface area contributed by atoms with Crippen LogP contribution in [0, 0.1) is 6.92 Å². The molecule has 1 atom stereocenters. The van der Waals surface area contributed by atoms with Crippen molar-refractivity contribution in [2.24, 2.45) is 0 Å². The Hall–Kier alpha value is -2.54. The Bertz CT molecular complexity index is 1100. The van der Waals surface area contributed by atoms with E-state index in [0.717, 1.165) is 49.7 Å². The lowest BCUT2D eigenvalue weighted by molar-refractivity contribution is 0.143. The lowest BCUT2D eigenvalue weighted by atomic mass is 9.97. The zero-order valence-electron chi connectivity index (χ0n) is 19.8. The van der Waals surface area contributed by atoms with E-state index in [4.69, 9.17) is 9.72 Å². The Balaban J connectivity index is 1.28. The second-order valence-corrected chi connectivity index (χ2v) is 9.48. The number of aromatic nitrogens is 2. The fourth-order valence-corrected chi connectivity index (χ4v) is 4.76. The molecule has 1 aliphatic heterocycles. The van der Waals surface area contributed by atoms with Gasteiger partial charge in [0.05, 0.1) is 12.1 Å². The van der Waals surface area contributed by atoms with Crippen molar-refractivity contribution >= 4 is 16.9 Å². The Kier molecular flexibility index (Phi) is 6.85. The van der Waals surface area contributed by atoms with Crippen LogP contribution in [0.4, 0.5) is 5.95 Å². The van der Waals surface area contributed by atoms with Gasteiger partial charge < -0.3 is 15.4 Å². The monoisotopic (exact) mass is 445 g/mol. The average molecular weight is 446 g/mol. The zero-order valence-corrected chi connectivity index (χ0v) is 19.8. The molecule has 5 rings (SSSR count). The van der Waals surface area contributed by atoms with Crippen LogP contribution in [-0.2, 0) is 11.3 Å². The molecule has 0 unspecified atom stereocenters. The molecule has 3 aromatic rings. The Labute approximate surface area is 196 Å². The number of rotatable bonds is 10. The molecule has 6 heteroatoms. The van der Waals surface area contributed by atoms with Crippen molar-refractivity contribution in [3.8, 4) is 11.1 Å². The first-order chi connectivity index (χ1) is 16.2. The summed E-state index contributed by atoms with van der Waals surface area (Å²) in [6.45, 7) is 6.91. The summed E-state index contributed by atoms with van der Waals surface area (Å²) >= 11 is 0. The number of hydrogen-bond acceptors (Lipinski definition) is 6. The molecule has 1 aliphatic carbocycles. The van der Waals surface area contributed by atoms with Crippen molar-refractivity contribution in [3.63, 3.8) is 0 Å². The minimum Gasteiger partial charge on any atom is -0.383 e. The van der Waals surface area contributed by atoms with E-state index in [1.165, 1.54) is 47.9 Å². The first-order valence-electron chi connectivity index (χ1n) is 12.3. The van der Waals surface area contributed by atoms with Crippen molar-refractivity contribution in [2.75, 3.05) is 38.7 Å². The number of fused-ring (bicyclic) bond motifs is 1. The summed E-state index contributed by atoms with van der Waals surface area (Å²) in [5, 5.41) is 8.15. The van der Waals surface area contributed by atoms with E-state index in [0.29, 0.717) is 12.0 Å². The van der Waals surface area contributed by atoms with Gasteiger partial charge in [0.15, 0.2) is 0 Å². The van der Waals surface area contributed by atoms with Gasteiger partial charge in [-0.2, -0.15) is 0 Å². The largest absolute Gasteiger partial charge is 0.383 e. The number of benzene rings is 2. The molecule has 2 aliphatic rings. The van der Waals surface area contributed by atoms with Crippen molar-refractivity contribution in [1.82, 2.24) is 20.2 Å². The molecule has 6 nitrogen and oxygen atoms in total. The SMILES string of the molecule is COCCN1CCC[C@H]1CNc1ncc2cc(-c3cc(CNC4CC4)ccc3C)ccc2n1. The quantitative estimate of drug-likeness (QED) is 0.483. The standard InChI is InChI=1S/C27H35N5O/c1-19-5-6-20(16-28-23-8-9-23)14-25(19)21-7-10-26-22(15-21)17-29-27(31-26)30-18-24-4-3-11-32(24)12-13-33-2/h5-7,10,14-15,17,23-24,28H,3-4,8-9,11-13,16,18H2,1-2H3,(H,29,30,31)/t24-/m0/s1. The predicted molar refractivity (Wildman–Crippen MR) is 135 cm³/mol. The summed E-state index contributed by atoms with van der Waals surface area (Å²) in [5.74, 6) is 0.707. The molecule has 2 N–H and O–H groups in total. The van der Waals surface area contributed by atoms with Gasteiger partial charge in [0.25, 0.3) is 0 Å². The van der Waals surface area contributed by atoms with Crippen LogP contribution >= 0.6 is 0 Å². The molecule has 1 aromatic heterocycles. The fourth-order valence-electron chi connectivity index (χ4n) is 4.76. The number of nitrogens with one attached hydrogen (secondary N) is 2. The van der Waals surface area contributed by atoms with Crippen LogP contribution in [0.5, 0.6) is 0 Å². The maximum atomic E-state index is 5.25. The lowest BCUT2D eigenvalue weighted by Crippen LogP contribution is -2.37. The van der Waals surface area contributed by atoms with Crippen molar-refractivity contribution < 1.29 is 4.74 Å². The van der Waals surface area contributed by atoms with E-state index in [2.05, 4.69) is 63.8 Å². The molecular weight excluding hydrogens is 410 g/mol. The zero-order chi connectivity index (χ0) is 22.6. The highest BCUT2D eigenvalue weighted by Crippen LogP contribution is 2.28. The van der Waals surface area contributed by atoms with E-state index in [1.54, 1.807) is 7.11 Å². The predicted octanol–water partition coefficient (Wildman–Crippen LogP) is 4.38. The van der Waals surface area contributed by atoms with Crippen molar-refractivity contribution in [2.45, 2.75) is 51.2 Å². The third-order valence-corrected chi connectivity index (χ3v) is 6.94. The molecule has 2 heterocycles. The summed E-state index contributed by atoms with van der Waals surface area (Å²) in [6, 6.07) is 14.5. The van der Waals surface area contributed by atoms with Gasteiger partial charge in [-0.15, -0.1) is 0 Å². The van der Waals surface area contributed by atoms with Crippen LogP contribution < -0.4 is 10.6 Å². The minimum absolute atomic E-state index is 0.520. The van der Waals surface area contributed by atoms with Crippen LogP contribution in [0.25, 0.3) is 22.0 Å². The average Bonchev–Trinajstić information content (AvgIpc) is 3.57. The molecular formula is C27H35N5O. The summed E-state index contributed by atoms with van der Waals surface area (Å²) in [4.78, 5) is 11.9. The number of anilines is 1. The molecule has 0 spiro atoms. The van der Waals surface area contributed by atoms with Crippen molar-refractivity contribution in [1.29, 1.82) is 0 Å². The van der Waals surface area contributed by atoms with E-state index in [9.17, 15) is 0 Å². The molecule has 0 amide bonds. The van der Waals surface area contributed by atoms with Gasteiger partial charge in [0.2, 0.25) is 5.95 Å².